The molecule has 2 aromatic heterocycles. The third-order valence-corrected chi connectivity index (χ3v) is 6.06. The summed E-state index contributed by atoms with van der Waals surface area (Å²) in [6, 6.07) is 13.9. The highest BCUT2D eigenvalue weighted by atomic mass is 16.5. The van der Waals surface area contributed by atoms with Crippen LogP contribution in [-0.2, 0) is 0 Å². The van der Waals surface area contributed by atoms with Gasteiger partial charge >= 0.3 is 0 Å². The molecule has 6 nitrogen and oxygen atoms in total. The van der Waals surface area contributed by atoms with E-state index in [-0.39, 0.29) is 5.91 Å². The third-order valence-electron chi connectivity index (χ3n) is 6.06. The molecule has 30 heavy (non-hydrogen) atoms. The molecular weight excluding hydrogens is 376 g/mol. The zero-order chi connectivity index (χ0) is 20.5. The third kappa shape index (κ3) is 3.47. The SMILES string of the molecule is COc1cc(N2CCCC2)cc2ccc(-c3cccc(C(=O)N4CCCC4)n3)nc12. The van der Waals surface area contributed by atoms with Crippen molar-refractivity contribution in [1.82, 2.24) is 14.9 Å². The van der Waals surface area contributed by atoms with Crippen LogP contribution in [0.4, 0.5) is 5.69 Å². The van der Waals surface area contributed by atoms with Gasteiger partial charge in [-0.2, -0.15) is 0 Å². The van der Waals surface area contributed by atoms with Gasteiger partial charge in [0.05, 0.1) is 18.5 Å². The Morgan fingerprint density at radius 2 is 1.63 bits per heavy atom. The first-order valence-electron chi connectivity index (χ1n) is 10.7. The first-order valence-corrected chi connectivity index (χ1v) is 10.7. The summed E-state index contributed by atoms with van der Waals surface area (Å²) in [5.74, 6) is 0.767. The molecule has 0 atom stereocenters. The molecule has 5 rings (SSSR count). The maximum atomic E-state index is 12.7. The van der Waals surface area contributed by atoms with Crippen molar-refractivity contribution >= 4 is 22.5 Å². The number of methoxy groups -OCH3 is 1. The van der Waals surface area contributed by atoms with Crippen LogP contribution in [0.5, 0.6) is 5.75 Å². The Kier molecular flexibility index (Phi) is 4.99. The van der Waals surface area contributed by atoms with E-state index >= 15 is 0 Å². The van der Waals surface area contributed by atoms with E-state index in [2.05, 4.69) is 28.1 Å². The Balaban J connectivity index is 1.51. The van der Waals surface area contributed by atoms with Crippen LogP contribution in [0.25, 0.3) is 22.3 Å². The minimum atomic E-state index is 0.00275. The van der Waals surface area contributed by atoms with Crippen molar-refractivity contribution in [2.75, 3.05) is 38.2 Å². The molecule has 0 saturated carbocycles. The summed E-state index contributed by atoms with van der Waals surface area (Å²) in [6.07, 6.45) is 4.60. The maximum absolute atomic E-state index is 12.7. The number of carbonyl (C=O) groups is 1. The van der Waals surface area contributed by atoms with Crippen LogP contribution in [0.15, 0.2) is 42.5 Å². The fourth-order valence-electron chi connectivity index (χ4n) is 4.42. The maximum Gasteiger partial charge on any atom is 0.272 e. The number of hydrogen-bond acceptors (Lipinski definition) is 5. The van der Waals surface area contributed by atoms with E-state index in [1.165, 1.54) is 18.5 Å². The van der Waals surface area contributed by atoms with Gasteiger partial charge in [0.25, 0.3) is 5.91 Å². The Bertz CT molecular complexity index is 1090. The number of fused-ring (bicyclic) bond motifs is 1. The first kappa shape index (κ1) is 18.9. The largest absolute Gasteiger partial charge is 0.494 e. The van der Waals surface area contributed by atoms with Crippen LogP contribution in [0, 0.1) is 0 Å². The lowest BCUT2D eigenvalue weighted by atomic mass is 10.1. The Labute approximate surface area is 176 Å². The number of hydrogen-bond donors (Lipinski definition) is 0. The van der Waals surface area contributed by atoms with Gasteiger partial charge in [-0.15, -0.1) is 0 Å². The van der Waals surface area contributed by atoms with Gasteiger partial charge in [0, 0.05) is 43.3 Å². The molecule has 2 saturated heterocycles. The van der Waals surface area contributed by atoms with E-state index in [1.54, 1.807) is 13.2 Å². The Morgan fingerprint density at radius 1 is 0.900 bits per heavy atom. The van der Waals surface area contributed by atoms with Crippen LogP contribution in [0.1, 0.15) is 36.2 Å². The standard InChI is InChI=1S/C24H26N4O2/c1-30-22-16-18(27-11-2-3-12-27)15-17-9-10-20(26-23(17)22)19-7-6-8-21(25-19)24(29)28-13-4-5-14-28/h6-10,15-16H,2-5,11-14H2,1H3. The molecule has 2 aliphatic rings. The predicted molar refractivity (Wildman–Crippen MR) is 118 cm³/mol. The summed E-state index contributed by atoms with van der Waals surface area (Å²) in [7, 11) is 1.68. The van der Waals surface area contributed by atoms with Crippen molar-refractivity contribution in [3.63, 3.8) is 0 Å². The number of ether oxygens (including phenoxy) is 1. The van der Waals surface area contributed by atoms with Gasteiger partial charge in [0.1, 0.15) is 17.0 Å². The van der Waals surface area contributed by atoms with Crippen molar-refractivity contribution in [1.29, 1.82) is 0 Å². The van der Waals surface area contributed by atoms with E-state index in [1.807, 2.05) is 23.1 Å². The number of likely N-dealkylation sites (tertiary alicyclic amines) is 1. The van der Waals surface area contributed by atoms with Crippen molar-refractivity contribution in [2.45, 2.75) is 25.7 Å². The molecule has 1 aromatic carbocycles. The summed E-state index contributed by atoms with van der Waals surface area (Å²) < 4.78 is 5.68. The summed E-state index contributed by atoms with van der Waals surface area (Å²) >= 11 is 0. The lowest BCUT2D eigenvalue weighted by Crippen LogP contribution is -2.28. The highest BCUT2D eigenvalue weighted by Crippen LogP contribution is 2.33. The van der Waals surface area contributed by atoms with Crippen molar-refractivity contribution < 1.29 is 9.53 Å². The van der Waals surface area contributed by atoms with Crippen LogP contribution in [0.2, 0.25) is 0 Å². The number of aromatic nitrogens is 2. The lowest BCUT2D eigenvalue weighted by Gasteiger charge is -2.19. The molecule has 0 spiro atoms. The number of nitrogens with zero attached hydrogens (tertiary/aromatic N) is 4. The molecule has 6 heteroatoms. The topological polar surface area (TPSA) is 58.6 Å². The molecular formula is C24H26N4O2. The minimum absolute atomic E-state index is 0.00275. The molecule has 2 fully saturated rings. The van der Waals surface area contributed by atoms with E-state index in [4.69, 9.17) is 9.72 Å². The van der Waals surface area contributed by atoms with Crippen LogP contribution in [0.3, 0.4) is 0 Å². The molecule has 1 amide bonds. The average molecular weight is 402 g/mol. The van der Waals surface area contributed by atoms with Gasteiger partial charge in [-0.3, -0.25) is 4.79 Å². The van der Waals surface area contributed by atoms with Crippen molar-refractivity contribution in [3.05, 3.63) is 48.2 Å². The quantitative estimate of drug-likeness (QED) is 0.656. The van der Waals surface area contributed by atoms with Gasteiger partial charge in [-0.1, -0.05) is 12.1 Å². The number of carbonyl (C=O) groups excluding carboxylic acids is 1. The van der Waals surface area contributed by atoms with Gasteiger partial charge < -0.3 is 14.5 Å². The second kappa shape index (κ2) is 7.94. The summed E-state index contributed by atoms with van der Waals surface area (Å²) in [4.78, 5) is 26.5. The van der Waals surface area contributed by atoms with Gasteiger partial charge in [-0.25, -0.2) is 9.97 Å². The normalized spacial score (nSPS) is 16.4. The zero-order valence-electron chi connectivity index (χ0n) is 17.3. The number of rotatable bonds is 4. The second-order valence-electron chi connectivity index (χ2n) is 8.02. The Hall–Kier alpha value is -3.15. The van der Waals surface area contributed by atoms with Gasteiger partial charge in [0.2, 0.25) is 0 Å². The van der Waals surface area contributed by atoms with Crippen molar-refractivity contribution in [3.8, 4) is 17.1 Å². The zero-order valence-corrected chi connectivity index (χ0v) is 17.3. The van der Waals surface area contributed by atoms with E-state index in [9.17, 15) is 4.79 Å². The van der Waals surface area contributed by atoms with Crippen LogP contribution in [-0.4, -0.2) is 54.1 Å². The highest BCUT2D eigenvalue weighted by molar-refractivity contribution is 5.93. The number of amides is 1. The van der Waals surface area contributed by atoms with Crippen LogP contribution >= 0.6 is 0 Å². The fourth-order valence-corrected chi connectivity index (χ4v) is 4.42. The molecule has 0 unspecified atom stereocenters. The number of anilines is 1. The molecule has 3 aromatic rings. The molecule has 0 radical (unpaired) electrons. The minimum Gasteiger partial charge on any atom is -0.494 e. The monoisotopic (exact) mass is 402 g/mol. The number of benzene rings is 1. The molecule has 4 heterocycles. The van der Waals surface area contributed by atoms with E-state index in [0.717, 1.165) is 61.4 Å². The molecule has 154 valence electrons. The van der Waals surface area contributed by atoms with E-state index in [0.29, 0.717) is 11.4 Å². The number of pyridine rings is 2. The molecule has 0 aliphatic carbocycles. The summed E-state index contributed by atoms with van der Waals surface area (Å²) in [5, 5.41) is 1.05. The molecule has 0 N–H and O–H groups in total. The second-order valence-corrected chi connectivity index (χ2v) is 8.02. The lowest BCUT2D eigenvalue weighted by molar-refractivity contribution is 0.0787. The smallest absolute Gasteiger partial charge is 0.272 e. The predicted octanol–water partition coefficient (Wildman–Crippen LogP) is 4.14. The highest BCUT2D eigenvalue weighted by Gasteiger charge is 2.21. The van der Waals surface area contributed by atoms with Crippen molar-refractivity contribution in [2.24, 2.45) is 0 Å². The average Bonchev–Trinajstić information content (AvgIpc) is 3.52. The molecule has 0 bridgehead atoms. The molecule has 2 aliphatic heterocycles. The van der Waals surface area contributed by atoms with Gasteiger partial charge in [-0.05, 0) is 49.9 Å². The summed E-state index contributed by atoms with van der Waals surface area (Å²) in [5.41, 5.74) is 3.92. The van der Waals surface area contributed by atoms with Crippen LogP contribution < -0.4 is 9.64 Å². The van der Waals surface area contributed by atoms with Gasteiger partial charge in [0.15, 0.2) is 0 Å². The fraction of sp³-hybridized carbons (Fsp3) is 0.375. The Morgan fingerprint density at radius 3 is 2.40 bits per heavy atom. The van der Waals surface area contributed by atoms with E-state index < -0.39 is 0 Å². The first-order chi connectivity index (χ1) is 14.7. The summed E-state index contributed by atoms with van der Waals surface area (Å²) in [6.45, 7) is 3.80.